The van der Waals surface area contributed by atoms with E-state index in [9.17, 15) is 19.8 Å². The fourth-order valence-electron chi connectivity index (χ4n) is 2.95. The Hall–Kier alpha value is -1.68. The molecule has 0 aromatic rings. The lowest BCUT2D eigenvalue weighted by Gasteiger charge is -2.28. The van der Waals surface area contributed by atoms with Gasteiger partial charge in [-0.1, -0.05) is 37.1 Å². The summed E-state index contributed by atoms with van der Waals surface area (Å²) >= 11 is 0. The highest BCUT2D eigenvalue weighted by Crippen LogP contribution is 2.43. The highest BCUT2D eigenvalue weighted by atomic mass is 16.3. The molecule has 0 saturated carbocycles. The standard InChI is InChI=1S/C20H30O4/c1-12(2)8-7-11-20(24)15(10-9-13(3)4)18(22)16(19(20)23)17(21)14(5)6/h8-9,14-15,23-24H,7,10-11H2,1-6H3. The number of allylic oxidation sites excluding steroid dienone is 5. The molecule has 0 radical (unpaired) electrons. The van der Waals surface area contributed by atoms with E-state index < -0.39 is 34.8 Å². The third-order valence-electron chi connectivity index (χ3n) is 4.40. The quantitative estimate of drug-likeness (QED) is 0.544. The highest BCUT2D eigenvalue weighted by molar-refractivity contribution is 6.24. The molecule has 0 amide bonds. The Morgan fingerprint density at radius 1 is 1.17 bits per heavy atom. The summed E-state index contributed by atoms with van der Waals surface area (Å²) in [6.07, 6.45) is 4.88. The lowest BCUT2D eigenvalue weighted by molar-refractivity contribution is -0.127. The molecule has 0 saturated heterocycles. The summed E-state index contributed by atoms with van der Waals surface area (Å²) in [5.41, 5.74) is 0.245. The number of carbonyl (C=O) groups excluding carboxylic acids is 2. The molecule has 1 aliphatic rings. The Bertz CT molecular complexity index is 599. The molecule has 1 aliphatic carbocycles. The number of hydrogen-bond donors (Lipinski definition) is 2. The topological polar surface area (TPSA) is 74.6 Å². The Morgan fingerprint density at radius 2 is 1.71 bits per heavy atom. The second kappa shape index (κ2) is 7.93. The molecular formula is C20H30O4. The van der Waals surface area contributed by atoms with Gasteiger partial charge in [0.2, 0.25) is 0 Å². The smallest absolute Gasteiger partial charge is 0.176 e. The Morgan fingerprint density at radius 3 is 2.17 bits per heavy atom. The molecule has 0 spiro atoms. The normalized spacial score (nSPS) is 23.7. The van der Waals surface area contributed by atoms with Crippen molar-refractivity contribution in [3.8, 4) is 0 Å². The maximum atomic E-state index is 12.7. The van der Waals surface area contributed by atoms with Gasteiger partial charge in [-0.3, -0.25) is 9.59 Å². The van der Waals surface area contributed by atoms with E-state index in [0.717, 1.165) is 11.1 Å². The molecule has 134 valence electrons. The van der Waals surface area contributed by atoms with Crippen LogP contribution in [0, 0.1) is 11.8 Å². The van der Waals surface area contributed by atoms with Crippen molar-refractivity contribution in [1.29, 1.82) is 0 Å². The lowest BCUT2D eigenvalue weighted by atomic mass is 9.82. The van der Waals surface area contributed by atoms with Gasteiger partial charge >= 0.3 is 0 Å². The van der Waals surface area contributed by atoms with Gasteiger partial charge in [0.15, 0.2) is 11.6 Å². The molecule has 0 bridgehead atoms. The first kappa shape index (κ1) is 20.4. The molecule has 24 heavy (non-hydrogen) atoms. The van der Waals surface area contributed by atoms with Gasteiger partial charge in [-0.15, -0.1) is 0 Å². The second-order valence-electron chi connectivity index (χ2n) is 7.42. The summed E-state index contributed by atoms with van der Waals surface area (Å²) in [5.74, 6) is -2.51. The molecule has 0 aliphatic heterocycles. The van der Waals surface area contributed by atoms with Crippen molar-refractivity contribution in [2.75, 3.05) is 0 Å². The van der Waals surface area contributed by atoms with E-state index in [-0.39, 0.29) is 12.0 Å². The summed E-state index contributed by atoms with van der Waals surface area (Å²) in [6.45, 7) is 11.1. The van der Waals surface area contributed by atoms with Crippen LogP contribution in [0.25, 0.3) is 0 Å². The molecule has 2 unspecified atom stereocenters. The number of carbonyl (C=O) groups is 2. The minimum absolute atomic E-state index is 0.211. The molecule has 0 heterocycles. The highest BCUT2D eigenvalue weighted by Gasteiger charge is 2.54. The average molecular weight is 334 g/mol. The molecule has 0 aromatic heterocycles. The van der Waals surface area contributed by atoms with Crippen LogP contribution in [0.3, 0.4) is 0 Å². The van der Waals surface area contributed by atoms with Gasteiger partial charge in [-0.2, -0.15) is 0 Å². The molecule has 0 fully saturated rings. The van der Waals surface area contributed by atoms with Crippen LogP contribution in [0.2, 0.25) is 0 Å². The van der Waals surface area contributed by atoms with Crippen molar-refractivity contribution in [2.24, 2.45) is 11.8 Å². The van der Waals surface area contributed by atoms with Crippen LogP contribution >= 0.6 is 0 Å². The zero-order valence-corrected chi connectivity index (χ0v) is 15.6. The van der Waals surface area contributed by atoms with E-state index in [4.69, 9.17) is 0 Å². The van der Waals surface area contributed by atoms with E-state index >= 15 is 0 Å². The predicted octanol–water partition coefficient (Wildman–Crippen LogP) is 4.06. The molecular weight excluding hydrogens is 304 g/mol. The van der Waals surface area contributed by atoms with Gasteiger partial charge in [-0.25, -0.2) is 0 Å². The van der Waals surface area contributed by atoms with Crippen molar-refractivity contribution in [3.05, 3.63) is 34.6 Å². The van der Waals surface area contributed by atoms with Crippen molar-refractivity contribution < 1.29 is 19.8 Å². The van der Waals surface area contributed by atoms with E-state index in [1.165, 1.54) is 0 Å². The Balaban J connectivity index is 3.28. The molecule has 4 nitrogen and oxygen atoms in total. The number of ketones is 2. The van der Waals surface area contributed by atoms with Crippen LogP contribution in [0.4, 0.5) is 0 Å². The molecule has 2 atom stereocenters. The summed E-state index contributed by atoms with van der Waals surface area (Å²) in [5, 5.41) is 21.6. The van der Waals surface area contributed by atoms with Gasteiger partial charge in [0.05, 0.1) is 5.92 Å². The third-order valence-corrected chi connectivity index (χ3v) is 4.40. The minimum Gasteiger partial charge on any atom is -0.508 e. The lowest BCUT2D eigenvalue weighted by Crippen LogP contribution is -2.38. The largest absolute Gasteiger partial charge is 0.508 e. The van der Waals surface area contributed by atoms with Crippen LogP contribution in [0.5, 0.6) is 0 Å². The van der Waals surface area contributed by atoms with Gasteiger partial charge in [0, 0.05) is 5.92 Å². The first-order chi connectivity index (χ1) is 11.0. The first-order valence-corrected chi connectivity index (χ1v) is 8.53. The fourth-order valence-corrected chi connectivity index (χ4v) is 2.95. The summed E-state index contributed by atoms with van der Waals surface area (Å²) in [7, 11) is 0. The van der Waals surface area contributed by atoms with Crippen molar-refractivity contribution in [3.63, 3.8) is 0 Å². The monoisotopic (exact) mass is 334 g/mol. The third kappa shape index (κ3) is 4.23. The average Bonchev–Trinajstić information content (AvgIpc) is 2.63. The van der Waals surface area contributed by atoms with Crippen LogP contribution in [-0.2, 0) is 9.59 Å². The Kier molecular flexibility index (Phi) is 6.73. The fraction of sp³-hybridized carbons (Fsp3) is 0.600. The van der Waals surface area contributed by atoms with E-state index in [0.29, 0.717) is 12.8 Å². The van der Waals surface area contributed by atoms with Gasteiger partial charge in [0.1, 0.15) is 16.9 Å². The number of aliphatic hydroxyl groups is 2. The number of rotatable bonds is 7. The Labute approximate surface area is 145 Å². The van der Waals surface area contributed by atoms with E-state index in [1.807, 2.05) is 39.8 Å². The number of Topliss-reactive ketones (excluding diaryl/α,β-unsaturated/α-hetero) is 2. The molecule has 1 rings (SSSR count). The van der Waals surface area contributed by atoms with Crippen LogP contribution in [-0.4, -0.2) is 27.4 Å². The summed E-state index contributed by atoms with van der Waals surface area (Å²) < 4.78 is 0. The van der Waals surface area contributed by atoms with Crippen molar-refractivity contribution in [2.45, 2.75) is 66.4 Å². The van der Waals surface area contributed by atoms with Crippen molar-refractivity contribution in [1.82, 2.24) is 0 Å². The van der Waals surface area contributed by atoms with E-state index in [1.54, 1.807) is 13.8 Å². The maximum Gasteiger partial charge on any atom is 0.176 e. The summed E-state index contributed by atoms with van der Waals surface area (Å²) in [4.78, 5) is 25.1. The molecule has 4 heteroatoms. The van der Waals surface area contributed by atoms with Crippen LogP contribution in [0.1, 0.15) is 60.8 Å². The number of aliphatic hydroxyl groups excluding tert-OH is 1. The van der Waals surface area contributed by atoms with Gasteiger partial charge < -0.3 is 10.2 Å². The first-order valence-electron chi connectivity index (χ1n) is 8.53. The molecule has 2 N–H and O–H groups in total. The number of hydrogen-bond acceptors (Lipinski definition) is 4. The predicted molar refractivity (Wildman–Crippen MR) is 95.7 cm³/mol. The zero-order valence-electron chi connectivity index (χ0n) is 15.6. The van der Waals surface area contributed by atoms with Gasteiger partial charge in [-0.05, 0) is 47.0 Å². The maximum absolute atomic E-state index is 12.7. The molecule has 0 aromatic carbocycles. The van der Waals surface area contributed by atoms with Crippen molar-refractivity contribution >= 4 is 11.6 Å². The van der Waals surface area contributed by atoms with E-state index in [2.05, 4.69) is 0 Å². The van der Waals surface area contributed by atoms with Crippen LogP contribution < -0.4 is 0 Å². The SMILES string of the molecule is CC(C)=CCCC1(O)C(O)=C(C(=O)C(C)C)C(=O)C1CC=C(C)C. The second-order valence-corrected chi connectivity index (χ2v) is 7.42. The zero-order chi connectivity index (χ0) is 18.7. The summed E-state index contributed by atoms with van der Waals surface area (Å²) in [6, 6.07) is 0. The minimum atomic E-state index is -1.67. The van der Waals surface area contributed by atoms with Gasteiger partial charge in [0.25, 0.3) is 0 Å². The van der Waals surface area contributed by atoms with Crippen LogP contribution in [0.15, 0.2) is 34.6 Å².